The second-order valence-corrected chi connectivity index (χ2v) is 8.90. The molecule has 0 spiro atoms. The van der Waals surface area contributed by atoms with Gasteiger partial charge in [0.15, 0.2) is 5.16 Å². The molecular weight excluding hydrogens is 412 g/mol. The Kier molecular flexibility index (Phi) is 5.37. The van der Waals surface area contributed by atoms with E-state index in [9.17, 15) is 19.7 Å². The topological polar surface area (TPSA) is 118 Å². The molecule has 0 atom stereocenters. The van der Waals surface area contributed by atoms with E-state index in [0.717, 1.165) is 53.4 Å². The number of nitro benzene ring substituents is 1. The van der Waals surface area contributed by atoms with Crippen molar-refractivity contribution in [3.8, 4) is 0 Å². The summed E-state index contributed by atoms with van der Waals surface area (Å²) in [5, 5.41) is 14.7. The standard InChI is InChI=1S/C19H18N4O4S2/c1-10-6-7-11(23(26)27)8-13(10)20-15(24)9-28-19-21-17(25)16-12-4-2-3-5-14(12)29-18(16)22-19/h6-8H,2-5,9H2,1H3,(H,20,24)(H,21,22,25). The second kappa shape index (κ2) is 7.96. The predicted molar refractivity (Wildman–Crippen MR) is 114 cm³/mol. The van der Waals surface area contributed by atoms with Gasteiger partial charge in [0, 0.05) is 17.0 Å². The normalized spacial score (nSPS) is 13.3. The average molecular weight is 431 g/mol. The van der Waals surface area contributed by atoms with Crippen molar-refractivity contribution in [2.24, 2.45) is 0 Å². The third-order valence-electron chi connectivity index (χ3n) is 4.85. The van der Waals surface area contributed by atoms with E-state index >= 15 is 0 Å². The summed E-state index contributed by atoms with van der Waals surface area (Å²) in [5.74, 6) is -0.298. The molecule has 0 unspecified atom stereocenters. The molecule has 3 aromatic rings. The van der Waals surface area contributed by atoms with E-state index in [-0.39, 0.29) is 22.9 Å². The molecule has 150 valence electrons. The molecule has 4 rings (SSSR count). The van der Waals surface area contributed by atoms with Gasteiger partial charge in [-0.25, -0.2) is 4.98 Å². The van der Waals surface area contributed by atoms with Crippen LogP contribution in [-0.4, -0.2) is 26.6 Å². The Bertz CT molecular complexity index is 1180. The van der Waals surface area contributed by atoms with Crippen molar-refractivity contribution >= 4 is 50.6 Å². The van der Waals surface area contributed by atoms with E-state index in [0.29, 0.717) is 16.2 Å². The first-order chi connectivity index (χ1) is 13.9. The van der Waals surface area contributed by atoms with Crippen molar-refractivity contribution in [3.63, 3.8) is 0 Å². The van der Waals surface area contributed by atoms with Crippen molar-refractivity contribution in [1.82, 2.24) is 9.97 Å². The molecule has 2 heterocycles. The second-order valence-electron chi connectivity index (χ2n) is 6.86. The van der Waals surface area contributed by atoms with Crippen LogP contribution in [0.3, 0.4) is 0 Å². The minimum absolute atomic E-state index is 0.0294. The summed E-state index contributed by atoms with van der Waals surface area (Å²) in [6.07, 6.45) is 4.13. The SMILES string of the molecule is Cc1ccc([N+](=O)[O-])cc1NC(=O)CSc1nc2sc3c(c2c(=O)[nH]1)CCCC3. The lowest BCUT2D eigenvalue weighted by molar-refractivity contribution is -0.384. The van der Waals surface area contributed by atoms with Gasteiger partial charge in [-0.1, -0.05) is 17.8 Å². The minimum Gasteiger partial charge on any atom is -0.325 e. The zero-order chi connectivity index (χ0) is 20.5. The number of amides is 1. The molecule has 0 bridgehead atoms. The summed E-state index contributed by atoms with van der Waals surface area (Å²) >= 11 is 2.70. The number of nitrogens with zero attached hydrogens (tertiary/aromatic N) is 2. The number of carbonyl (C=O) groups excluding carboxylic acids is 1. The maximum atomic E-state index is 12.5. The Morgan fingerprint density at radius 2 is 2.17 bits per heavy atom. The number of carbonyl (C=O) groups is 1. The third kappa shape index (κ3) is 4.03. The fraction of sp³-hybridized carbons (Fsp3) is 0.316. The smallest absolute Gasteiger partial charge is 0.271 e. The van der Waals surface area contributed by atoms with Gasteiger partial charge in [0.1, 0.15) is 4.83 Å². The molecule has 0 radical (unpaired) electrons. The van der Waals surface area contributed by atoms with Gasteiger partial charge in [0.05, 0.1) is 21.7 Å². The summed E-state index contributed by atoms with van der Waals surface area (Å²) in [7, 11) is 0. The lowest BCUT2D eigenvalue weighted by Crippen LogP contribution is -2.16. The van der Waals surface area contributed by atoms with E-state index in [4.69, 9.17) is 0 Å². The van der Waals surface area contributed by atoms with Gasteiger partial charge in [-0.3, -0.25) is 19.7 Å². The summed E-state index contributed by atoms with van der Waals surface area (Å²) < 4.78 is 0. The number of H-pyrrole nitrogens is 1. The Labute approximate surface area is 173 Å². The van der Waals surface area contributed by atoms with Crippen molar-refractivity contribution in [2.45, 2.75) is 37.8 Å². The first-order valence-electron chi connectivity index (χ1n) is 9.14. The van der Waals surface area contributed by atoms with Crippen molar-refractivity contribution in [3.05, 3.63) is 54.7 Å². The van der Waals surface area contributed by atoms with Gasteiger partial charge in [0.2, 0.25) is 5.91 Å². The number of thioether (sulfide) groups is 1. The molecule has 1 amide bonds. The number of aromatic nitrogens is 2. The molecule has 10 heteroatoms. The molecule has 0 saturated heterocycles. The first-order valence-corrected chi connectivity index (χ1v) is 10.9. The number of hydrogen-bond donors (Lipinski definition) is 2. The zero-order valence-corrected chi connectivity index (χ0v) is 17.2. The van der Waals surface area contributed by atoms with Crippen LogP contribution >= 0.6 is 23.1 Å². The summed E-state index contributed by atoms with van der Waals surface area (Å²) in [4.78, 5) is 44.5. The van der Waals surface area contributed by atoms with Gasteiger partial charge in [-0.15, -0.1) is 11.3 Å². The van der Waals surface area contributed by atoms with Crippen LogP contribution in [0.25, 0.3) is 10.2 Å². The summed E-state index contributed by atoms with van der Waals surface area (Å²) in [6.45, 7) is 1.76. The first kappa shape index (κ1) is 19.6. The molecule has 1 aromatic carbocycles. The Morgan fingerprint density at radius 1 is 1.38 bits per heavy atom. The summed E-state index contributed by atoms with van der Waals surface area (Å²) in [6, 6.07) is 4.32. The maximum Gasteiger partial charge on any atom is 0.271 e. The van der Waals surface area contributed by atoms with E-state index in [1.54, 1.807) is 24.3 Å². The van der Waals surface area contributed by atoms with Crippen molar-refractivity contribution in [1.29, 1.82) is 0 Å². The van der Waals surface area contributed by atoms with E-state index in [2.05, 4.69) is 15.3 Å². The van der Waals surface area contributed by atoms with Crippen molar-refractivity contribution < 1.29 is 9.72 Å². The number of rotatable bonds is 5. The fourth-order valence-electron chi connectivity index (χ4n) is 3.39. The molecule has 0 aliphatic heterocycles. The molecule has 1 aliphatic carbocycles. The molecule has 8 nitrogen and oxygen atoms in total. The quantitative estimate of drug-likeness (QED) is 0.275. The Balaban J connectivity index is 1.48. The number of aryl methyl sites for hydroxylation is 3. The third-order valence-corrected chi connectivity index (χ3v) is 6.91. The average Bonchev–Trinajstić information content (AvgIpc) is 3.06. The number of aromatic amines is 1. The van der Waals surface area contributed by atoms with Crippen LogP contribution in [0.5, 0.6) is 0 Å². The van der Waals surface area contributed by atoms with Gasteiger partial charge in [0.25, 0.3) is 11.2 Å². The minimum atomic E-state index is -0.506. The van der Waals surface area contributed by atoms with Gasteiger partial charge in [-0.2, -0.15) is 0 Å². The number of nitro groups is 1. The highest BCUT2D eigenvalue weighted by atomic mass is 32.2. The molecule has 2 aromatic heterocycles. The largest absolute Gasteiger partial charge is 0.325 e. The number of non-ortho nitro benzene ring substituents is 1. The number of benzene rings is 1. The summed E-state index contributed by atoms with van der Waals surface area (Å²) in [5.41, 5.74) is 2.00. The van der Waals surface area contributed by atoms with Crippen LogP contribution in [0.2, 0.25) is 0 Å². The highest BCUT2D eigenvalue weighted by Crippen LogP contribution is 2.34. The molecule has 0 fully saturated rings. The van der Waals surface area contributed by atoms with Crippen LogP contribution in [0.15, 0.2) is 28.2 Å². The zero-order valence-electron chi connectivity index (χ0n) is 15.6. The van der Waals surface area contributed by atoms with Gasteiger partial charge in [-0.05, 0) is 43.7 Å². The Morgan fingerprint density at radius 3 is 2.97 bits per heavy atom. The van der Waals surface area contributed by atoms with Crippen LogP contribution in [0.1, 0.15) is 28.8 Å². The molecule has 0 saturated carbocycles. The number of hydrogen-bond acceptors (Lipinski definition) is 7. The Hall–Kier alpha value is -2.72. The molecule has 2 N–H and O–H groups in total. The number of fused-ring (bicyclic) bond motifs is 3. The predicted octanol–water partition coefficient (Wildman–Crippen LogP) is 3.81. The van der Waals surface area contributed by atoms with Crippen LogP contribution < -0.4 is 10.9 Å². The van der Waals surface area contributed by atoms with Crippen LogP contribution in [-0.2, 0) is 17.6 Å². The van der Waals surface area contributed by atoms with E-state index in [1.807, 2.05) is 0 Å². The maximum absolute atomic E-state index is 12.5. The van der Waals surface area contributed by atoms with Crippen molar-refractivity contribution in [2.75, 3.05) is 11.1 Å². The molecular formula is C19H18N4O4S2. The van der Waals surface area contributed by atoms with Crippen LogP contribution in [0, 0.1) is 17.0 Å². The fourth-order valence-corrected chi connectivity index (χ4v) is 5.37. The number of nitrogens with one attached hydrogen (secondary N) is 2. The lowest BCUT2D eigenvalue weighted by atomic mass is 9.97. The number of thiophene rings is 1. The lowest BCUT2D eigenvalue weighted by Gasteiger charge is -2.09. The van der Waals surface area contributed by atoms with Gasteiger partial charge >= 0.3 is 0 Å². The molecule has 1 aliphatic rings. The van der Waals surface area contributed by atoms with E-state index < -0.39 is 4.92 Å². The van der Waals surface area contributed by atoms with Crippen LogP contribution in [0.4, 0.5) is 11.4 Å². The number of anilines is 1. The van der Waals surface area contributed by atoms with Gasteiger partial charge < -0.3 is 10.3 Å². The van der Waals surface area contributed by atoms with E-state index in [1.165, 1.54) is 17.0 Å². The highest BCUT2D eigenvalue weighted by Gasteiger charge is 2.20. The monoisotopic (exact) mass is 430 g/mol. The molecule has 29 heavy (non-hydrogen) atoms. The highest BCUT2D eigenvalue weighted by molar-refractivity contribution is 7.99.